The molecule has 120 valence electrons. The van der Waals surface area contributed by atoms with E-state index in [1.54, 1.807) is 6.26 Å². The molecule has 4 nitrogen and oxygen atoms in total. The highest BCUT2D eigenvalue weighted by Crippen LogP contribution is 2.20. The van der Waals surface area contributed by atoms with Crippen molar-refractivity contribution in [3.8, 4) is 0 Å². The van der Waals surface area contributed by atoms with E-state index in [9.17, 15) is 0 Å². The van der Waals surface area contributed by atoms with E-state index in [-0.39, 0.29) is 0 Å². The summed E-state index contributed by atoms with van der Waals surface area (Å²) in [7, 11) is 0. The van der Waals surface area contributed by atoms with Gasteiger partial charge in [0.15, 0.2) is 0 Å². The number of likely N-dealkylation sites (tertiary alicyclic amines) is 1. The number of nitrogens with zero attached hydrogens (tertiary/aromatic N) is 1. The fourth-order valence-corrected chi connectivity index (χ4v) is 3.01. The molecule has 0 aromatic carbocycles. The second-order valence-corrected chi connectivity index (χ2v) is 6.00. The van der Waals surface area contributed by atoms with E-state index < -0.39 is 0 Å². The number of rotatable bonds is 9. The summed E-state index contributed by atoms with van der Waals surface area (Å²) in [6.45, 7) is 10.7. The molecule has 1 fully saturated rings. The van der Waals surface area contributed by atoms with Crippen molar-refractivity contribution in [3.05, 3.63) is 24.2 Å². The van der Waals surface area contributed by atoms with Gasteiger partial charge in [-0.2, -0.15) is 0 Å². The van der Waals surface area contributed by atoms with E-state index in [1.807, 2.05) is 12.1 Å². The Hall–Kier alpha value is -0.840. The lowest BCUT2D eigenvalue weighted by Crippen LogP contribution is -2.42. The van der Waals surface area contributed by atoms with Crippen molar-refractivity contribution in [2.24, 2.45) is 5.92 Å². The first-order chi connectivity index (χ1) is 10.3. The summed E-state index contributed by atoms with van der Waals surface area (Å²) in [6.07, 6.45) is 5.40. The van der Waals surface area contributed by atoms with Crippen LogP contribution in [0.1, 0.15) is 38.9 Å². The van der Waals surface area contributed by atoms with Crippen LogP contribution in [-0.4, -0.2) is 43.7 Å². The number of hydrogen-bond acceptors (Lipinski definition) is 4. The molecular formula is C17H30N2O2. The number of nitrogens with one attached hydrogen (secondary N) is 1. The van der Waals surface area contributed by atoms with Gasteiger partial charge in [0.2, 0.25) is 0 Å². The van der Waals surface area contributed by atoms with Gasteiger partial charge in [0.25, 0.3) is 0 Å². The average molecular weight is 294 g/mol. The molecule has 4 heteroatoms. The summed E-state index contributed by atoms with van der Waals surface area (Å²) in [6, 6.07) is 4.46. The van der Waals surface area contributed by atoms with Crippen LogP contribution in [0, 0.1) is 5.92 Å². The Balaban J connectivity index is 1.48. The monoisotopic (exact) mass is 294 g/mol. The second kappa shape index (κ2) is 9.23. The van der Waals surface area contributed by atoms with Crippen molar-refractivity contribution in [2.45, 2.75) is 45.8 Å². The standard InChI is InChI=1S/C17H30N2O2/c1-3-19-10-7-16(8-11-19)15(2)18-9-5-12-20-14-17-6-4-13-21-17/h4,6,13,15-16,18H,3,5,7-12,14H2,1-2H3. The fraction of sp³-hybridized carbons (Fsp3) is 0.765. The van der Waals surface area contributed by atoms with Crippen LogP contribution in [0.5, 0.6) is 0 Å². The van der Waals surface area contributed by atoms with Crippen molar-refractivity contribution >= 4 is 0 Å². The molecule has 2 heterocycles. The third-order valence-corrected chi connectivity index (χ3v) is 4.54. The first-order valence-electron chi connectivity index (χ1n) is 8.35. The zero-order valence-corrected chi connectivity index (χ0v) is 13.5. The molecule has 0 amide bonds. The van der Waals surface area contributed by atoms with Crippen LogP contribution in [0.25, 0.3) is 0 Å². The van der Waals surface area contributed by atoms with Gasteiger partial charge in [0.1, 0.15) is 12.4 Å². The molecule has 2 rings (SSSR count). The Kier molecular flexibility index (Phi) is 7.27. The normalized spacial score (nSPS) is 19.0. The Morgan fingerprint density at radius 2 is 2.24 bits per heavy atom. The van der Waals surface area contributed by atoms with Crippen LogP contribution in [0.2, 0.25) is 0 Å². The summed E-state index contributed by atoms with van der Waals surface area (Å²) in [5, 5.41) is 3.66. The number of ether oxygens (including phenoxy) is 1. The predicted octanol–water partition coefficient (Wildman–Crippen LogP) is 2.90. The van der Waals surface area contributed by atoms with E-state index in [2.05, 4.69) is 24.1 Å². The number of hydrogen-bond donors (Lipinski definition) is 1. The average Bonchev–Trinajstić information content (AvgIpc) is 3.04. The van der Waals surface area contributed by atoms with Gasteiger partial charge in [-0.15, -0.1) is 0 Å². The van der Waals surface area contributed by atoms with Crippen LogP contribution < -0.4 is 5.32 Å². The summed E-state index contributed by atoms with van der Waals surface area (Å²) < 4.78 is 10.8. The Bertz CT molecular complexity index is 359. The highest BCUT2D eigenvalue weighted by atomic mass is 16.5. The van der Waals surface area contributed by atoms with Crippen molar-refractivity contribution in [3.63, 3.8) is 0 Å². The fourth-order valence-electron chi connectivity index (χ4n) is 3.01. The van der Waals surface area contributed by atoms with Crippen molar-refractivity contribution in [1.82, 2.24) is 10.2 Å². The van der Waals surface area contributed by atoms with Gasteiger partial charge in [0.05, 0.1) is 6.26 Å². The van der Waals surface area contributed by atoms with Gasteiger partial charge in [-0.3, -0.25) is 0 Å². The second-order valence-electron chi connectivity index (χ2n) is 6.00. The molecule has 0 aliphatic carbocycles. The van der Waals surface area contributed by atoms with E-state index >= 15 is 0 Å². The maximum absolute atomic E-state index is 5.59. The Morgan fingerprint density at radius 1 is 1.43 bits per heavy atom. The zero-order valence-electron chi connectivity index (χ0n) is 13.5. The van der Waals surface area contributed by atoms with E-state index in [0.29, 0.717) is 12.6 Å². The Morgan fingerprint density at radius 3 is 2.90 bits per heavy atom. The molecule has 0 saturated carbocycles. The molecule has 1 atom stereocenters. The van der Waals surface area contributed by atoms with E-state index in [4.69, 9.17) is 9.15 Å². The minimum atomic E-state index is 0.581. The van der Waals surface area contributed by atoms with Crippen LogP contribution in [0.3, 0.4) is 0 Å². The summed E-state index contributed by atoms with van der Waals surface area (Å²) in [4.78, 5) is 2.55. The molecule has 0 bridgehead atoms. The minimum absolute atomic E-state index is 0.581. The molecule has 1 aliphatic rings. The quantitative estimate of drug-likeness (QED) is 0.711. The maximum atomic E-state index is 5.59. The van der Waals surface area contributed by atoms with Crippen molar-refractivity contribution in [2.75, 3.05) is 32.8 Å². The van der Waals surface area contributed by atoms with Gasteiger partial charge < -0.3 is 19.4 Å². The van der Waals surface area contributed by atoms with Crippen LogP contribution in [0.15, 0.2) is 22.8 Å². The van der Waals surface area contributed by atoms with Crippen molar-refractivity contribution in [1.29, 1.82) is 0 Å². The zero-order chi connectivity index (χ0) is 14.9. The first-order valence-corrected chi connectivity index (χ1v) is 8.35. The van der Waals surface area contributed by atoms with E-state index in [0.717, 1.165) is 31.3 Å². The highest BCUT2D eigenvalue weighted by Gasteiger charge is 2.22. The van der Waals surface area contributed by atoms with Gasteiger partial charge in [0, 0.05) is 12.6 Å². The summed E-state index contributed by atoms with van der Waals surface area (Å²) in [5.41, 5.74) is 0. The maximum Gasteiger partial charge on any atom is 0.129 e. The minimum Gasteiger partial charge on any atom is -0.467 e. The molecule has 0 spiro atoms. The lowest BCUT2D eigenvalue weighted by atomic mass is 9.90. The molecule has 1 aromatic heterocycles. The smallest absolute Gasteiger partial charge is 0.129 e. The molecular weight excluding hydrogens is 264 g/mol. The van der Waals surface area contributed by atoms with Crippen LogP contribution in [0.4, 0.5) is 0 Å². The number of piperidine rings is 1. The van der Waals surface area contributed by atoms with Gasteiger partial charge >= 0.3 is 0 Å². The lowest BCUT2D eigenvalue weighted by molar-refractivity contribution is 0.102. The summed E-state index contributed by atoms with van der Waals surface area (Å²) >= 11 is 0. The molecule has 1 saturated heterocycles. The van der Waals surface area contributed by atoms with Gasteiger partial charge in [-0.05, 0) is 70.4 Å². The van der Waals surface area contributed by atoms with Crippen LogP contribution >= 0.6 is 0 Å². The topological polar surface area (TPSA) is 37.6 Å². The van der Waals surface area contributed by atoms with Gasteiger partial charge in [-0.25, -0.2) is 0 Å². The first kappa shape index (κ1) is 16.5. The predicted molar refractivity (Wildman–Crippen MR) is 85.3 cm³/mol. The molecule has 1 unspecified atom stereocenters. The largest absolute Gasteiger partial charge is 0.467 e. The Labute approximate surface area is 128 Å². The molecule has 1 aromatic rings. The summed E-state index contributed by atoms with van der Waals surface area (Å²) in [5.74, 6) is 1.73. The third-order valence-electron chi connectivity index (χ3n) is 4.54. The third kappa shape index (κ3) is 5.81. The SMILES string of the molecule is CCN1CCC(C(C)NCCCOCc2ccco2)CC1. The lowest BCUT2D eigenvalue weighted by Gasteiger charge is -2.34. The van der Waals surface area contributed by atoms with Crippen LogP contribution in [-0.2, 0) is 11.3 Å². The number of furan rings is 1. The molecule has 0 radical (unpaired) electrons. The molecule has 21 heavy (non-hydrogen) atoms. The molecule has 1 N–H and O–H groups in total. The van der Waals surface area contributed by atoms with E-state index in [1.165, 1.54) is 32.5 Å². The van der Waals surface area contributed by atoms with Crippen molar-refractivity contribution < 1.29 is 9.15 Å². The molecule has 1 aliphatic heterocycles. The highest BCUT2D eigenvalue weighted by molar-refractivity contribution is 4.95. The van der Waals surface area contributed by atoms with Gasteiger partial charge in [-0.1, -0.05) is 6.92 Å².